The SMILES string of the molecule is CCC(Nc1cc(C(F)(F)F)c(-c2sc(C(=O)N(C)C(C)C(C)(C)O)nc2C(=O)N2CCCC[C@@H]2C)cn1)C(F)(F)F. The topological polar surface area (TPSA) is 98.7 Å². The average Bonchev–Trinajstić information content (AvgIpc) is 3.34. The number of aliphatic hydroxyl groups is 1. The molecule has 2 aromatic heterocycles. The quantitative estimate of drug-likeness (QED) is 0.339. The highest BCUT2D eigenvalue weighted by atomic mass is 32.1. The van der Waals surface area contributed by atoms with Crippen LogP contribution in [-0.4, -0.2) is 80.2 Å². The smallest absolute Gasteiger partial charge is 0.388 e. The number of nitrogens with one attached hydrogen (secondary N) is 1. The van der Waals surface area contributed by atoms with Gasteiger partial charge in [0.2, 0.25) is 0 Å². The predicted octanol–water partition coefficient (Wildman–Crippen LogP) is 6.22. The summed E-state index contributed by atoms with van der Waals surface area (Å²) in [6, 6.07) is -2.62. The van der Waals surface area contributed by atoms with Crippen LogP contribution >= 0.6 is 11.3 Å². The Hall–Kier alpha value is -2.94. The van der Waals surface area contributed by atoms with Crippen molar-refractivity contribution in [2.75, 3.05) is 18.9 Å². The van der Waals surface area contributed by atoms with Crippen LogP contribution in [0, 0.1) is 0 Å². The van der Waals surface area contributed by atoms with E-state index in [4.69, 9.17) is 0 Å². The number of carbonyl (C=O) groups excluding carboxylic acids is 2. The number of alkyl halides is 6. The van der Waals surface area contributed by atoms with Gasteiger partial charge in [0.15, 0.2) is 5.01 Å². The van der Waals surface area contributed by atoms with E-state index in [0.29, 0.717) is 36.8 Å². The molecule has 3 heterocycles. The number of halogens is 6. The molecule has 15 heteroatoms. The van der Waals surface area contributed by atoms with E-state index < -0.39 is 65.2 Å². The van der Waals surface area contributed by atoms with Gasteiger partial charge < -0.3 is 20.2 Å². The molecule has 3 rings (SSSR count). The van der Waals surface area contributed by atoms with Gasteiger partial charge in [-0.1, -0.05) is 6.92 Å². The van der Waals surface area contributed by atoms with Crippen molar-refractivity contribution in [3.8, 4) is 10.4 Å². The highest BCUT2D eigenvalue weighted by Gasteiger charge is 2.41. The molecule has 0 aliphatic carbocycles. The van der Waals surface area contributed by atoms with Gasteiger partial charge in [-0.25, -0.2) is 9.97 Å². The fourth-order valence-electron chi connectivity index (χ4n) is 4.62. The third kappa shape index (κ3) is 7.33. The van der Waals surface area contributed by atoms with Crippen molar-refractivity contribution in [3.05, 3.63) is 28.5 Å². The van der Waals surface area contributed by atoms with Crippen molar-refractivity contribution >= 4 is 29.0 Å². The number of anilines is 1. The first-order valence-corrected chi connectivity index (χ1v) is 14.3. The summed E-state index contributed by atoms with van der Waals surface area (Å²) in [5.41, 5.74) is -3.62. The predicted molar refractivity (Wildman–Crippen MR) is 146 cm³/mol. The lowest BCUT2D eigenvalue weighted by atomic mass is 9.99. The number of carbonyl (C=O) groups is 2. The largest absolute Gasteiger partial charge is 0.417 e. The molecule has 2 N–H and O–H groups in total. The Kier molecular flexibility index (Phi) is 9.87. The highest BCUT2D eigenvalue weighted by Crippen LogP contribution is 2.42. The molecule has 8 nitrogen and oxygen atoms in total. The van der Waals surface area contributed by atoms with Gasteiger partial charge in [-0.2, -0.15) is 26.3 Å². The van der Waals surface area contributed by atoms with Gasteiger partial charge in [-0.3, -0.25) is 9.59 Å². The van der Waals surface area contributed by atoms with Gasteiger partial charge in [0.25, 0.3) is 11.8 Å². The van der Waals surface area contributed by atoms with Crippen molar-refractivity contribution in [3.63, 3.8) is 0 Å². The molecule has 1 saturated heterocycles. The number of amides is 2. The van der Waals surface area contributed by atoms with Gasteiger partial charge in [0.05, 0.1) is 22.1 Å². The van der Waals surface area contributed by atoms with E-state index in [1.165, 1.54) is 37.6 Å². The van der Waals surface area contributed by atoms with Crippen LogP contribution in [0.25, 0.3) is 10.4 Å². The van der Waals surface area contributed by atoms with E-state index >= 15 is 0 Å². The summed E-state index contributed by atoms with van der Waals surface area (Å²) in [6.45, 7) is 7.94. The number of hydrogen-bond acceptors (Lipinski definition) is 7. The zero-order valence-corrected chi connectivity index (χ0v) is 25.0. The van der Waals surface area contributed by atoms with E-state index in [2.05, 4.69) is 9.97 Å². The van der Waals surface area contributed by atoms with Crippen LogP contribution in [-0.2, 0) is 6.18 Å². The second-order valence-corrected chi connectivity index (χ2v) is 12.0. The van der Waals surface area contributed by atoms with E-state index in [-0.39, 0.29) is 21.6 Å². The van der Waals surface area contributed by atoms with Crippen molar-refractivity contribution in [1.29, 1.82) is 0 Å². The number of pyridine rings is 1. The number of hydrogen-bond donors (Lipinski definition) is 2. The molecule has 1 fully saturated rings. The number of nitrogens with zero attached hydrogens (tertiary/aromatic N) is 4. The molecule has 234 valence electrons. The molecule has 3 atom stereocenters. The zero-order valence-electron chi connectivity index (χ0n) is 24.2. The van der Waals surface area contributed by atoms with Crippen molar-refractivity contribution in [1.82, 2.24) is 19.8 Å². The lowest BCUT2D eigenvalue weighted by Crippen LogP contribution is -2.48. The molecule has 2 aromatic rings. The van der Waals surface area contributed by atoms with Crippen LogP contribution in [0.5, 0.6) is 0 Å². The molecular weight excluding hydrogens is 588 g/mol. The summed E-state index contributed by atoms with van der Waals surface area (Å²) in [6.07, 6.45) is -7.25. The van der Waals surface area contributed by atoms with Gasteiger partial charge in [-0.15, -0.1) is 11.3 Å². The number of likely N-dealkylation sites (N-methyl/N-ethyl adjacent to an activating group) is 1. The van der Waals surface area contributed by atoms with Gasteiger partial charge in [-0.05, 0) is 59.4 Å². The molecule has 2 amide bonds. The third-order valence-corrected chi connectivity index (χ3v) is 8.66. The molecule has 1 aliphatic heterocycles. The lowest BCUT2D eigenvalue weighted by molar-refractivity contribution is -0.142. The molecule has 0 aromatic carbocycles. The van der Waals surface area contributed by atoms with E-state index in [1.807, 2.05) is 12.2 Å². The number of aromatic nitrogens is 2. The Morgan fingerprint density at radius 1 is 1.21 bits per heavy atom. The average molecular weight is 624 g/mol. The second-order valence-electron chi connectivity index (χ2n) is 11.0. The highest BCUT2D eigenvalue weighted by molar-refractivity contribution is 7.17. The first kappa shape index (κ1) is 33.6. The van der Waals surface area contributed by atoms with Crippen LogP contribution in [0.1, 0.15) is 86.2 Å². The Morgan fingerprint density at radius 2 is 1.86 bits per heavy atom. The summed E-state index contributed by atoms with van der Waals surface area (Å²) < 4.78 is 83.0. The van der Waals surface area contributed by atoms with Crippen molar-refractivity contribution in [2.24, 2.45) is 0 Å². The molecule has 0 spiro atoms. The van der Waals surface area contributed by atoms with Crippen LogP contribution < -0.4 is 5.32 Å². The summed E-state index contributed by atoms with van der Waals surface area (Å²) >= 11 is 0.558. The maximum Gasteiger partial charge on any atom is 0.417 e. The molecule has 0 saturated carbocycles. The number of piperidine rings is 1. The Bertz CT molecular complexity index is 1290. The van der Waals surface area contributed by atoms with Crippen LogP contribution in [0.15, 0.2) is 12.3 Å². The number of likely N-dealkylation sites (tertiary alicyclic amines) is 1. The van der Waals surface area contributed by atoms with Crippen molar-refractivity contribution in [2.45, 2.75) is 96.4 Å². The van der Waals surface area contributed by atoms with Gasteiger partial charge >= 0.3 is 12.4 Å². The van der Waals surface area contributed by atoms with E-state index in [9.17, 15) is 41.0 Å². The Balaban J connectivity index is 2.19. The maximum absolute atomic E-state index is 14.4. The summed E-state index contributed by atoms with van der Waals surface area (Å²) in [4.78, 5) is 37.5. The second kappa shape index (κ2) is 12.3. The van der Waals surface area contributed by atoms with Crippen LogP contribution in [0.3, 0.4) is 0 Å². The van der Waals surface area contributed by atoms with Gasteiger partial charge in [0.1, 0.15) is 17.6 Å². The zero-order chi connectivity index (χ0) is 31.8. The van der Waals surface area contributed by atoms with E-state index in [0.717, 1.165) is 12.6 Å². The fourth-order valence-corrected chi connectivity index (χ4v) is 5.68. The summed E-state index contributed by atoms with van der Waals surface area (Å²) in [5, 5.41) is 12.1. The lowest BCUT2D eigenvalue weighted by Gasteiger charge is -2.33. The first-order valence-electron chi connectivity index (χ1n) is 13.5. The molecule has 42 heavy (non-hydrogen) atoms. The molecule has 1 aliphatic rings. The first-order chi connectivity index (χ1) is 19.3. The Morgan fingerprint density at radius 3 is 2.38 bits per heavy atom. The van der Waals surface area contributed by atoms with E-state index in [1.54, 1.807) is 6.92 Å². The fraction of sp³-hybridized carbons (Fsp3) is 0.630. The van der Waals surface area contributed by atoms with Crippen LogP contribution in [0.2, 0.25) is 0 Å². The molecule has 0 radical (unpaired) electrons. The minimum atomic E-state index is -5.05. The molecule has 2 unspecified atom stereocenters. The number of thiazole rings is 1. The molecule has 0 bridgehead atoms. The van der Waals surface area contributed by atoms with Crippen LogP contribution in [0.4, 0.5) is 32.2 Å². The third-order valence-electron chi connectivity index (χ3n) is 7.58. The van der Waals surface area contributed by atoms with Gasteiger partial charge in [0, 0.05) is 31.4 Å². The summed E-state index contributed by atoms with van der Waals surface area (Å²) in [7, 11) is 1.40. The minimum absolute atomic E-state index is 0.224. The summed E-state index contributed by atoms with van der Waals surface area (Å²) in [5.74, 6) is -2.03. The Labute approximate surface area is 244 Å². The minimum Gasteiger partial charge on any atom is -0.388 e. The monoisotopic (exact) mass is 623 g/mol. The molecular formula is C27H35F6N5O3S. The number of rotatable bonds is 8. The standard InChI is InChI=1S/C27H35F6N5O3S/c1-7-18(27(31,32)33)35-19-12-17(26(28,29)30)16(13-34-19)21-20(23(39)38-11-9-8-10-14(38)2)36-22(42-21)24(40)37(6)15(3)25(4,5)41/h12-15,18,41H,7-11H2,1-6H3,(H,34,35)/t14-,15?,18?/m0/s1. The maximum atomic E-state index is 14.4. The normalized spacial score (nSPS) is 18.0. The van der Waals surface area contributed by atoms with Crippen molar-refractivity contribution < 1.29 is 41.0 Å².